The zero-order valence-corrected chi connectivity index (χ0v) is 14.1. The molecular weight excluding hydrogens is 337 g/mol. The number of ether oxygens (including phenoxy) is 2. The Bertz CT molecular complexity index is 622. The first-order valence-corrected chi connectivity index (χ1v) is 8.25. The summed E-state index contributed by atoms with van der Waals surface area (Å²) >= 11 is 0. The van der Waals surface area contributed by atoms with Gasteiger partial charge in [0.1, 0.15) is 11.9 Å². The second-order valence-electron chi connectivity index (χ2n) is 6.62. The normalized spacial score (nSPS) is 24.8. The minimum Gasteiger partial charge on any atom is -0.487 e. The van der Waals surface area contributed by atoms with Gasteiger partial charge in [-0.15, -0.1) is 0 Å². The van der Waals surface area contributed by atoms with Crippen LogP contribution >= 0.6 is 0 Å². The van der Waals surface area contributed by atoms with Crippen molar-refractivity contribution in [3.05, 3.63) is 29.8 Å². The Balaban J connectivity index is 1.52. The summed E-state index contributed by atoms with van der Waals surface area (Å²) < 4.78 is 49.3. The highest BCUT2D eigenvalue weighted by Crippen LogP contribution is 2.32. The lowest BCUT2D eigenvalue weighted by Crippen LogP contribution is -2.62. The van der Waals surface area contributed by atoms with E-state index in [1.807, 2.05) is 13.8 Å². The van der Waals surface area contributed by atoms with Crippen molar-refractivity contribution in [3.8, 4) is 5.75 Å². The molecule has 25 heavy (non-hydrogen) atoms. The molecule has 2 unspecified atom stereocenters. The third-order valence-corrected chi connectivity index (χ3v) is 4.27. The van der Waals surface area contributed by atoms with Crippen LogP contribution in [-0.4, -0.2) is 60.3 Å². The Hall–Kier alpha value is -1.96. The molecule has 2 saturated heterocycles. The first-order valence-electron chi connectivity index (χ1n) is 8.25. The lowest BCUT2D eigenvalue weighted by molar-refractivity contribution is -0.137. The molecule has 0 saturated carbocycles. The number of nitrogens with zero attached hydrogens (tertiary/aromatic N) is 2. The molecule has 1 aromatic rings. The standard InChI is InChI=1S/C17H21F3N2O3/c1-11-7-21(8-12(2)24-11)16(23)22-9-15(10-22)25-14-5-3-4-13(6-14)17(18,19)20/h3-6,11-12,15H,7-10H2,1-2H3. The molecule has 0 spiro atoms. The fraction of sp³-hybridized carbons (Fsp3) is 0.588. The first kappa shape index (κ1) is 17.8. The molecule has 1 aromatic carbocycles. The van der Waals surface area contributed by atoms with E-state index in [9.17, 15) is 18.0 Å². The number of alkyl halides is 3. The number of benzene rings is 1. The van der Waals surface area contributed by atoms with E-state index in [2.05, 4.69) is 0 Å². The van der Waals surface area contributed by atoms with Gasteiger partial charge in [0.25, 0.3) is 0 Å². The Morgan fingerprint density at radius 1 is 1.12 bits per heavy atom. The molecule has 8 heteroatoms. The summed E-state index contributed by atoms with van der Waals surface area (Å²) in [5.74, 6) is 0.167. The van der Waals surface area contributed by atoms with E-state index in [0.717, 1.165) is 12.1 Å². The number of hydrogen-bond donors (Lipinski definition) is 0. The SMILES string of the molecule is CC1CN(C(=O)N2CC(Oc3cccc(C(F)(F)F)c3)C2)CC(C)O1. The zero-order valence-electron chi connectivity index (χ0n) is 14.1. The maximum atomic E-state index is 12.7. The number of urea groups is 1. The number of morpholine rings is 1. The number of hydrogen-bond acceptors (Lipinski definition) is 3. The van der Waals surface area contributed by atoms with E-state index in [1.165, 1.54) is 12.1 Å². The second-order valence-corrected chi connectivity index (χ2v) is 6.62. The lowest BCUT2D eigenvalue weighted by Gasteiger charge is -2.44. The topological polar surface area (TPSA) is 42.0 Å². The van der Waals surface area contributed by atoms with Crippen LogP contribution in [0.5, 0.6) is 5.75 Å². The molecule has 0 N–H and O–H groups in total. The van der Waals surface area contributed by atoms with Gasteiger partial charge in [0.2, 0.25) is 0 Å². The van der Waals surface area contributed by atoms with Crippen molar-refractivity contribution in [2.24, 2.45) is 0 Å². The molecule has 2 atom stereocenters. The molecule has 0 radical (unpaired) electrons. The predicted octanol–water partition coefficient (Wildman–Crippen LogP) is 3.00. The van der Waals surface area contributed by atoms with E-state index in [0.29, 0.717) is 26.2 Å². The van der Waals surface area contributed by atoms with Gasteiger partial charge in [-0.1, -0.05) is 6.07 Å². The average Bonchev–Trinajstić information content (AvgIpc) is 2.48. The molecule has 2 aliphatic rings. The molecule has 5 nitrogen and oxygen atoms in total. The molecule has 2 heterocycles. The molecule has 0 bridgehead atoms. The zero-order chi connectivity index (χ0) is 18.2. The van der Waals surface area contributed by atoms with Crippen molar-refractivity contribution in [2.45, 2.75) is 38.3 Å². The summed E-state index contributed by atoms with van der Waals surface area (Å²) in [6.07, 6.45) is -4.70. The Morgan fingerprint density at radius 3 is 2.32 bits per heavy atom. The quantitative estimate of drug-likeness (QED) is 0.816. The molecule has 0 aliphatic carbocycles. The summed E-state index contributed by atoms with van der Waals surface area (Å²) in [6.45, 7) is 5.67. The summed E-state index contributed by atoms with van der Waals surface area (Å²) in [5, 5.41) is 0. The number of halogens is 3. The van der Waals surface area contributed by atoms with Crippen LogP contribution in [0.4, 0.5) is 18.0 Å². The Morgan fingerprint density at radius 2 is 1.72 bits per heavy atom. The number of carbonyl (C=O) groups excluding carboxylic acids is 1. The van der Waals surface area contributed by atoms with Crippen LogP contribution < -0.4 is 4.74 Å². The minimum absolute atomic E-state index is 0.00821. The van der Waals surface area contributed by atoms with Gasteiger partial charge in [-0.2, -0.15) is 13.2 Å². The molecule has 2 amide bonds. The van der Waals surface area contributed by atoms with Gasteiger partial charge in [-0.05, 0) is 32.0 Å². The maximum absolute atomic E-state index is 12.7. The number of carbonyl (C=O) groups is 1. The number of rotatable bonds is 2. The molecule has 0 aromatic heterocycles. The van der Waals surface area contributed by atoms with Gasteiger partial charge in [0, 0.05) is 13.1 Å². The molecule has 3 rings (SSSR count). The highest BCUT2D eigenvalue weighted by molar-refractivity contribution is 5.75. The highest BCUT2D eigenvalue weighted by Gasteiger charge is 2.37. The monoisotopic (exact) mass is 358 g/mol. The second kappa shape index (κ2) is 6.74. The van der Waals surface area contributed by atoms with Crippen LogP contribution in [0.3, 0.4) is 0 Å². The van der Waals surface area contributed by atoms with Gasteiger partial charge in [0.15, 0.2) is 0 Å². The Kier molecular flexibility index (Phi) is 4.81. The minimum atomic E-state index is -4.40. The Labute approximate surface area is 144 Å². The highest BCUT2D eigenvalue weighted by atomic mass is 19.4. The van der Waals surface area contributed by atoms with E-state index >= 15 is 0 Å². The smallest absolute Gasteiger partial charge is 0.416 e. The number of likely N-dealkylation sites (tertiary alicyclic amines) is 1. The summed E-state index contributed by atoms with van der Waals surface area (Å²) in [6, 6.07) is 4.72. The van der Waals surface area contributed by atoms with Gasteiger partial charge in [0.05, 0.1) is 30.9 Å². The summed E-state index contributed by atoms with van der Waals surface area (Å²) in [4.78, 5) is 15.8. The molecule has 2 fully saturated rings. The van der Waals surface area contributed by atoms with Crippen molar-refractivity contribution >= 4 is 6.03 Å². The van der Waals surface area contributed by atoms with E-state index in [1.54, 1.807) is 9.80 Å². The fourth-order valence-corrected chi connectivity index (χ4v) is 3.14. The van der Waals surface area contributed by atoms with Crippen molar-refractivity contribution in [2.75, 3.05) is 26.2 Å². The lowest BCUT2D eigenvalue weighted by atomic mass is 10.1. The molecule has 2 aliphatic heterocycles. The van der Waals surface area contributed by atoms with Gasteiger partial charge < -0.3 is 19.3 Å². The van der Waals surface area contributed by atoms with Gasteiger partial charge in [-0.25, -0.2) is 4.79 Å². The van der Waals surface area contributed by atoms with Crippen molar-refractivity contribution in [1.29, 1.82) is 0 Å². The summed E-state index contributed by atoms with van der Waals surface area (Å²) in [7, 11) is 0. The van der Waals surface area contributed by atoms with E-state index < -0.39 is 11.7 Å². The maximum Gasteiger partial charge on any atom is 0.416 e. The number of amides is 2. The largest absolute Gasteiger partial charge is 0.487 e. The molecule has 138 valence electrons. The average molecular weight is 358 g/mol. The van der Waals surface area contributed by atoms with E-state index in [4.69, 9.17) is 9.47 Å². The van der Waals surface area contributed by atoms with Crippen LogP contribution in [-0.2, 0) is 10.9 Å². The summed E-state index contributed by atoms with van der Waals surface area (Å²) in [5.41, 5.74) is -0.742. The van der Waals surface area contributed by atoms with E-state index in [-0.39, 0.29) is 30.1 Å². The predicted molar refractivity (Wildman–Crippen MR) is 84.4 cm³/mol. The fourth-order valence-electron chi connectivity index (χ4n) is 3.14. The van der Waals surface area contributed by atoms with Crippen LogP contribution in [0.2, 0.25) is 0 Å². The van der Waals surface area contributed by atoms with Crippen LogP contribution in [0.25, 0.3) is 0 Å². The third kappa shape index (κ3) is 4.18. The van der Waals surface area contributed by atoms with Crippen molar-refractivity contribution < 1.29 is 27.4 Å². The van der Waals surface area contributed by atoms with Crippen molar-refractivity contribution in [3.63, 3.8) is 0 Å². The third-order valence-electron chi connectivity index (χ3n) is 4.27. The van der Waals surface area contributed by atoms with Crippen LogP contribution in [0.1, 0.15) is 19.4 Å². The first-order chi connectivity index (χ1) is 11.7. The molecular formula is C17H21F3N2O3. The van der Waals surface area contributed by atoms with Crippen LogP contribution in [0.15, 0.2) is 24.3 Å². The van der Waals surface area contributed by atoms with Gasteiger partial charge in [-0.3, -0.25) is 0 Å². The van der Waals surface area contributed by atoms with Crippen LogP contribution in [0, 0.1) is 0 Å². The van der Waals surface area contributed by atoms with Gasteiger partial charge >= 0.3 is 12.2 Å². The van der Waals surface area contributed by atoms with Crippen molar-refractivity contribution in [1.82, 2.24) is 9.80 Å².